The van der Waals surface area contributed by atoms with Crippen molar-refractivity contribution in [3.63, 3.8) is 0 Å². The predicted molar refractivity (Wildman–Crippen MR) is 105 cm³/mol. The Balaban J connectivity index is 1.79. The van der Waals surface area contributed by atoms with Crippen LogP contribution in [0.25, 0.3) is 10.9 Å². The molecule has 0 aliphatic carbocycles. The Bertz CT molecular complexity index is 1300. The third-order valence-corrected chi connectivity index (χ3v) is 5.07. The van der Waals surface area contributed by atoms with Crippen LogP contribution in [-0.4, -0.2) is 33.2 Å². The number of carbonyl (C=O) groups is 2. The van der Waals surface area contributed by atoms with Crippen molar-refractivity contribution in [3.05, 3.63) is 69.5 Å². The molecule has 32 heavy (non-hydrogen) atoms. The molecule has 1 atom stereocenters. The lowest BCUT2D eigenvalue weighted by atomic mass is 10.0. The van der Waals surface area contributed by atoms with E-state index in [1.54, 1.807) is 0 Å². The van der Waals surface area contributed by atoms with Crippen LogP contribution in [0.2, 0.25) is 0 Å². The monoisotopic (exact) mass is 448 g/mol. The zero-order chi connectivity index (χ0) is 23.2. The minimum atomic E-state index is -4.50. The number of amides is 1. The number of hydrogen-bond donors (Lipinski definition) is 3. The molecule has 1 amide bonds. The second kappa shape index (κ2) is 7.59. The van der Waals surface area contributed by atoms with Gasteiger partial charge in [0.2, 0.25) is 0 Å². The van der Waals surface area contributed by atoms with Crippen molar-refractivity contribution in [1.29, 1.82) is 0 Å². The van der Waals surface area contributed by atoms with E-state index in [1.807, 2.05) is 5.32 Å². The van der Waals surface area contributed by atoms with Gasteiger partial charge in [0.1, 0.15) is 29.7 Å². The Morgan fingerprint density at radius 2 is 1.84 bits per heavy atom. The summed E-state index contributed by atoms with van der Waals surface area (Å²) in [5, 5.41) is 21.5. The fourth-order valence-electron chi connectivity index (χ4n) is 3.60. The number of aromatic nitrogens is 1. The second-order valence-electron chi connectivity index (χ2n) is 7.09. The Hall–Kier alpha value is -4.02. The van der Waals surface area contributed by atoms with Gasteiger partial charge in [0.15, 0.2) is 0 Å². The van der Waals surface area contributed by atoms with Crippen LogP contribution in [0.5, 0.6) is 11.5 Å². The number of ether oxygens (including phenoxy) is 1. The molecule has 0 saturated carbocycles. The Morgan fingerprint density at radius 3 is 2.47 bits per heavy atom. The van der Waals surface area contributed by atoms with E-state index in [-0.39, 0.29) is 23.2 Å². The summed E-state index contributed by atoms with van der Waals surface area (Å²) in [6.45, 7) is -0.899. The van der Waals surface area contributed by atoms with Gasteiger partial charge in [-0.3, -0.25) is 19.0 Å². The molecule has 0 radical (unpaired) electrons. The first-order valence-electron chi connectivity index (χ1n) is 9.30. The molecule has 2 heterocycles. The van der Waals surface area contributed by atoms with Crippen molar-refractivity contribution < 1.29 is 37.7 Å². The molecule has 4 rings (SSSR count). The normalized spacial score (nSPS) is 15.3. The molecule has 1 aliphatic heterocycles. The van der Waals surface area contributed by atoms with Crippen molar-refractivity contribution in [2.24, 2.45) is 0 Å². The minimum Gasteiger partial charge on any atom is -0.506 e. The number of hydrogen-bond acceptors (Lipinski definition) is 5. The zero-order valence-electron chi connectivity index (χ0n) is 16.1. The molecule has 3 N–H and O–H groups in total. The third kappa shape index (κ3) is 3.61. The van der Waals surface area contributed by atoms with Gasteiger partial charge in [-0.15, -0.1) is 0 Å². The van der Waals surface area contributed by atoms with Crippen molar-refractivity contribution >= 4 is 22.8 Å². The SMILES string of the molecule is O=C(O)CNC(=O)c1c(O)c2cccc3c2n(c1=O)CC(c1ccc(C(F)(F)F)cc1)O3. The van der Waals surface area contributed by atoms with Crippen molar-refractivity contribution in [1.82, 2.24) is 9.88 Å². The summed E-state index contributed by atoms with van der Waals surface area (Å²) in [6, 6.07) is 8.78. The van der Waals surface area contributed by atoms with Gasteiger partial charge in [-0.1, -0.05) is 18.2 Å². The molecule has 1 aliphatic rings. The van der Waals surface area contributed by atoms with E-state index in [0.29, 0.717) is 5.56 Å². The van der Waals surface area contributed by atoms with E-state index in [4.69, 9.17) is 9.84 Å². The quantitative estimate of drug-likeness (QED) is 0.565. The maximum Gasteiger partial charge on any atom is 0.416 e. The lowest BCUT2D eigenvalue weighted by molar-refractivity contribution is -0.138. The molecule has 0 saturated heterocycles. The fraction of sp³-hybridized carbons (Fsp3) is 0.190. The number of aromatic hydroxyl groups is 1. The van der Waals surface area contributed by atoms with Crippen LogP contribution >= 0.6 is 0 Å². The first-order chi connectivity index (χ1) is 15.1. The smallest absolute Gasteiger partial charge is 0.416 e. The fourth-order valence-corrected chi connectivity index (χ4v) is 3.60. The molecule has 1 aromatic heterocycles. The molecule has 166 valence electrons. The summed E-state index contributed by atoms with van der Waals surface area (Å²) in [6.07, 6.45) is -5.34. The second-order valence-corrected chi connectivity index (χ2v) is 7.09. The molecular weight excluding hydrogens is 433 g/mol. The number of carbonyl (C=O) groups excluding carboxylic acids is 1. The number of aliphatic carboxylic acids is 1. The van der Waals surface area contributed by atoms with Crippen LogP contribution in [0.3, 0.4) is 0 Å². The van der Waals surface area contributed by atoms with Crippen LogP contribution in [0.15, 0.2) is 47.3 Å². The summed E-state index contributed by atoms with van der Waals surface area (Å²) < 4.78 is 45.6. The highest BCUT2D eigenvalue weighted by Gasteiger charge is 2.32. The van der Waals surface area contributed by atoms with Crippen molar-refractivity contribution in [2.45, 2.75) is 18.8 Å². The number of rotatable bonds is 4. The van der Waals surface area contributed by atoms with Gasteiger partial charge in [0.25, 0.3) is 11.5 Å². The highest BCUT2D eigenvalue weighted by molar-refractivity contribution is 6.04. The van der Waals surface area contributed by atoms with E-state index < -0.39 is 53.1 Å². The summed E-state index contributed by atoms with van der Waals surface area (Å²) in [4.78, 5) is 36.2. The molecule has 3 aromatic rings. The maximum absolute atomic E-state index is 13.1. The van der Waals surface area contributed by atoms with Crippen LogP contribution in [-0.2, 0) is 17.5 Å². The number of halogens is 3. The van der Waals surface area contributed by atoms with E-state index >= 15 is 0 Å². The van der Waals surface area contributed by atoms with Crippen LogP contribution in [0, 0.1) is 0 Å². The Kier molecular flexibility index (Phi) is 5.03. The molecule has 8 nitrogen and oxygen atoms in total. The Labute approximate surface area is 177 Å². The predicted octanol–water partition coefficient (Wildman–Crippen LogP) is 2.67. The summed E-state index contributed by atoms with van der Waals surface area (Å²) in [5.41, 5.74) is -1.76. The number of alkyl halides is 3. The molecular formula is C21H15F3N2O6. The largest absolute Gasteiger partial charge is 0.506 e. The Morgan fingerprint density at radius 1 is 1.16 bits per heavy atom. The maximum atomic E-state index is 13.1. The molecule has 1 unspecified atom stereocenters. The topological polar surface area (TPSA) is 118 Å². The molecule has 0 bridgehead atoms. The van der Waals surface area contributed by atoms with Gasteiger partial charge in [-0.2, -0.15) is 13.2 Å². The van der Waals surface area contributed by atoms with Gasteiger partial charge in [0, 0.05) is 5.39 Å². The van der Waals surface area contributed by atoms with Gasteiger partial charge >= 0.3 is 12.1 Å². The molecule has 11 heteroatoms. The summed E-state index contributed by atoms with van der Waals surface area (Å²) in [5.74, 6) is -2.83. The van der Waals surface area contributed by atoms with E-state index in [1.165, 1.54) is 34.9 Å². The molecule has 0 fully saturated rings. The van der Waals surface area contributed by atoms with Crippen LogP contribution in [0.4, 0.5) is 13.2 Å². The molecule has 0 spiro atoms. The highest BCUT2D eigenvalue weighted by Crippen LogP contribution is 2.39. The molecule has 2 aromatic carbocycles. The number of benzene rings is 2. The van der Waals surface area contributed by atoms with Crippen LogP contribution in [0.1, 0.15) is 27.6 Å². The zero-order valence-corrected chi connectivity index (χ0v) is 16.1. The number of nitrogens with one attached hydrogen (secondary N) is 1. The first-order valence-corrected chi connectivity index (χ1v) is 9.30. The number of para-hydroxylation sites is 1. The van der Waals surface area contributed by atoms with Crippen LogP contribution < -0.4 is 15.6 Å². The number of nitrogens with zero attached hydrogens (tertiary/aromatic N) is 1. The van der Waals surface area contributed by atoms with E-state index in [0.717, 1.165) is 12.1 Å². The summed E-state index contributed by atoms with van der Waals surface area (Å²) >= 11 is 0. The number of carboxylic acid groups (broad SMARTS) is 1. The summed E-state index contributed by atoms with van der Waals surface area (Å²) in [7, 11) is 0. The standard InChI is InChI=1S/C21H15F3N2O6/c22-21(23,24)11-6-4-10(5-7-11)14-9-26-17-12(2-1-3-13(17)32-14)18(29)16(20(26)31)19(30)25-8-15(27)28/h1-7,14,29H,8-9H2,(H,25,30)(H,27,28). The average molecular weight is 448 g/mol. The third-order valence-electron chi connectivity index (χ3n) is 5.07. The average Bonchev–Trinajstić information content (AvgIpc) is 2.75. The highest BCUT2D eigenvalue weighted by atomic mass is 19.4. The minimum absolute atomic E-state index is 0.133. The lowest BCUT2D eigenvalue weighted by Gasteiger charge is -2.29. The van der Waals surface area contributed by atoms with E-state index in [9.17, 15) is 32.7 Å². The van der Waals surface area contributed by atoms with E-state index in [2.05, 4.69) is 0 Å². The van der Waals surface area contributed by atoms with Crippen molar-refractivity contribution in [3.8, 4) is 11.5 Å². The van der Waals surface area contributed by atoms with Gasteiger partial charge < -0.3 is 20.3 Å². The number of carboxylic acids is 1. The van der Waals surface area contributed by atoms with Gasteiger partial charge in [-0.25, -0.2) is 0 Å². The lowest BCUT2D eigenvalue weighted by Crippen LogP contribution is -2.38. The number of pyridine rings is 1. The first kappa shape index (κ1) is 21.2. The van der Waals surface area contributed by atoms with Gasteiger partial charge in [0.05, 0.1) is 17.6 Å². The van der Waals surface area contributed by atoms with Gasteiger partial charge in [-0.05, 0) is 29.8 Å². The van der Waals surface area contributed by atoms with Crippen molar-refractivity contribution in [2.75, 3.05) is 6.54 Å².